The van der Waals surface area contributed by atoms with Crippen LogP contribution in [0.5, 0.6) is 5.75 Å². The molecule has 1 rings (SSSR count). The number of unbranched alkanes of at least 4 members (excludes halogenated alkanes) is 2. The minimum atomic E-state index is -0.354. The van der Waals surface area contributed by atoms with Crippen LogP contribution < -0.4 is 10.5 Å². The lowest BCUT2D eigenvalue weighted by Gasteiger charge is -2.08. The Morgan fingerprint density at radius 3 is 2.54 bits per heavy atom. The van der Waals surface area contributed by atoms with E-state index >= 15 is 0 Å². The zero-order valence-corrected chi connectivity index (χ0v) is 14.5. The highest BCUT2D eigenvalue weighted by atomic mass is 16.6. The first-order chi connectivity index (χ1) is 11.8. The predicted octanol–water partition coefficient (Wildman–Crippen LogP) is 2.29. The molecule has 0 unspecified atom stereocenters. The van der Waals surface area contributed by atoms with Crippen LogP contribution in [-0.4, -0.2) is 46.1 Å². The van der Waals surface area contributed by atoms with Crippen LogP contribution in [0.25, 0.3) is 0 Å². The first-order valence-electron chi connectivity index (χ1n) is 8.40. The molecule has 0 amide bonds. The molecule has 2 N–H and O–H groups in total. The van der Waals surface area contributed by atoms with Crippen LogP contribution in [0.4, 0.5) is 0 Å². The van der Waals surface area contributed by atoms with E-state index in [1.54, 1.807) is 0 Å². The summed E-state index contributed by atoms with van der Waals surface area (Å²) >= 11 is 0. The fourth-order valence-electron chi connectivity index (χ4n) is 2.01. The molecule has 0 aliphatic rings. The Bertz CT molecular complexity index is 453. The molecule has 136 valence electrons. The number of esters is 1. The van der Waals surface area contributed by atoms with E-state index in [1.165, 1.54) is 7.11 Å². The molecule has 24 heavy (non-hydrogen) atoms. The van der Waals surface area contributed by atoms with Crippen molar-refractivity contribution in [1.29, 1.82) is 0 Å². The standard InChI is InChI=1S/C18H29NO5/c1-21-18(20)15-23-11-6-10-22-9-3-2-4-12-24-17-8-5-7-16(13-17)14-19/h5,7-8,13H,2-4,6,9-12,14-15,19H2,1H3. The van der Waals surface area contributed by atoms with Gasteiger partial charge in [-0.3, -0.25) is 0 Å². The van der Waals surface area contributed by atoms with Crippen molar-refractivity contribution in [2.24, 2.45) is 5.73 Å². The van der Waals surface area contributed by atoms with Gasteiger partial charge in [0.15, 0.2) is 0 Å². The molecule has 0 aliphatic heterocycles. The second kappa shape index (κ2) is 13.8. The summed E-state index contributed by atoms with van der Waals surface area (Å²) in [5, 5.41) is 0. The van der Waals surface area contributed by atoms with E-state index < -0.39 is 0 Å². The smallest absolute Gasteiger partial charge is 0.331 e. The van der Waals surface area contributed by atoms with Gasteiger partial charge in [-0.15, -0.1) is 0 Å². The second-order valence-electron chi connectivity index (χ2n) is 5.36. The lowest BCUT2D eigenvalue weighted by atomic mass is 10.2. The molecule has 0 aliphatic carbocycles. The van der Waals surface area contributed by atoms with Gasteiger partial charge in [0, 0.05) is 26.4 Å². The normalized spacial score (nSPS) is 10.6. The summed E-state index contributed by atoms with van der Waals surface area (Å²) in [6.07, 6.45) is 3.85. The maximum Gasteiger partial charge on any atom is 0.331 e. The van der Waals surface area contributed by atoms with Crippen LogP contribution in [-0.2, 0) is 25.5 Å². The molecular weight excluding hydrogens is 310 g/mol. The largest absolute Gasteiger partial charge is 0.494 e. The number of hydrogen-bond donors (Lipinski definition) is 1. The first kappa shape index (κ1) is 20.4. The highest BCUT2D eigenvalue weighted by molar-refractivity contribution is 5.70. The van der Waals surface area contributed by atoms with Gasteiger partial charge in [-0.2, -0.15) is 0 Å². The Morgan fingerprint density at radius 1 is 1.00 bits per heavy atom. The summed E-state index contributed by atoms with van der Waals surface area (Å²) in [7, 11) is 1.34. The van der Waals surface area contributed by atoms with E-state index in [4.69, 9.17) is 19.9 Å². The Labute approximate surface area is 144 Å². The van der Waals surface area contributed by atoms with E-state index in [9.17, 15) is 4.79 Å². The Kier molecular flexibility index (Phi) is 11.7. The molecule has 6 heteroatoms. The topological polar surface area (TPSA) is 80.0 Å². The zero-order valence-electron chi connectivity index (χ0n) is 14.5. The van der Waals surface area contributed by atoms with Crippen LogP contribution >= 0.6 is 0 Å². The third-order valence-corrected chi connectivity index (χ3v) is 3.36. The minimum Gasteiger partial charge on any atom is -0.494 e. The lowest BCUT2D eigenvalue weighted by Crippen LogP contribution is -2.11. The summed E-state index contributed by atoms with van der Waals surface area (Å²) < 4.78 is 20.8. The summed E-state index contributed by atoms with van der Waals surface area (Å²) in [6, 6.07) is 7.88. The van der Waals surface area contributed by atoms with E-state index in [2.05, 4.69) is 4.74 Å². The monoisotopic (exact) mass is 339 g/mol. The van der Waals surface area contributed by atoms with Crippen molar-refractivity contribution in [1.82, 2.24) is 0 Å². The Morgan fingerprint density at radius 2 is 1.75 bits per heavy atom. The van der Waals surface area contributed by atoms with Crippen molar-refractivity contribution >= 4 is 5.97 Å². The summed E-state index contributed by atoms with van der Waals surface area (Å²) in [4.78, 5) is 10.8. The molecule has 0 aromatic heterocycles. The van der Waals surface area contributed by atoms with Crippen LogP contribution in [0.1, 0.15) is 31.2 Å². The highest BCUT2D eigenvalue weighted by Crippen LogP contribution is 2.13. The molecule has 0 bridgehead atoms. The summed E-state index contributed by atoms with van der Waals surface area (Å²) in [5.74, 6) is 0.522. The van der Waals surface area contributed by atoms with Gasteiger partial charge in [-0.05, 0) is 43.4 Å². The molecule has 6 nitrogen and oxygen atoms in total. The fourth-order valence-corrected chi connectivity index (χ4v) is 2.01. The number of nitrogens with two attached hydrogens (primary N) is 1. The zero-order chi connectivity index (χ0) is 17.5. The first-order valence-corrected chi connectivity index (χ1v) is 8.40. The summed E-state index contributed by atoms with van der Waals surface area (Å²) in [6.45, 7) is 3.12. The average molecular weight is 339 g/mol. The molecule has 0 spiro atoms. The molecule has 0 radical (unpaired) electrons. The minimum absolute atomic E-state index is 0.00465. The van der Waals surface area contributed by atoms with E-state index in [0.717, 1.165) is 43.6 Å². The van der Waals surface area contributed by atoms with Crippen molar-refractivity contribution in [3.8, 4) is 5.75 Å². The van der Waals surface area contributed by atoms with Gasteiger partial charge in [0.05, 0.1) is 13.7 Å². The predicted molar refractivity (Wildman–Crippen MR) is 92.0 cm³/mol. The Balaban J connectivity index is 1.86. The van der Waals surface area contributed by atoms with Gasteiger partial charge in [0.2, 0.25) is 0 Å². The molecule has 0 heterocycles. The van der Waals surface area contributed by atoms with Gasteiger partial charge in [-0.1, -0.05) is 12.1 Å². The average Bonchev–Trinajstić information content (AvgIpc) is 2.62. The number of rotatable bonds is 14. The van der Waals surface area contributed by atoms with E-state index in [0.29, 0.717) is 26.4 Å². The molecule has 0 fully saturated rings. The van der Waals surface area contributed by atoms with Gasteiger partial charge in [-0.25, -0.2) is 4.79 Å². The maximum atomic E-state index is 10.8. The van der Waals surface area contributed by atoms with Gasteiger partial charge >= 0.3 is 5.97 Å². The molecular formula is C18H29NO5. The SMILES string of the molecule is COC(=O)COCCCOCCCCCOc1cccc(CN)c1. The lowest BCUT2D eigenvalue weighted by molar-refractivity contribution is -0.146. The van der Waals surface area contributed by atoms with Crippen molar-refractivity contribution < 1.29 is 23.7 Å². The van der Waals surface area contributed by atoms with Crippen LogP contribution in [0.3, 0.4) is 0 Å². The third kappa shape index (κ3) is 10.2. The molecule has 1 aromatic carbocycles. The van der Waals surface area contributed by atoms with Crippen molar-refractivity contribution in [2.45, 2.75) is 32.2 Å². The van der Waals surface area contributed by atoms with Crippen LogP contribution in [0.2, 0.25) is 0 Å². The Hall–Kier alpha value is -1.63. The molecule has 0 atom stereocenters. The molecule has 1 aromatic rings. The van der Waals surface area contributed by atoms with Gasteiger partial charge in [0.1, 0.15) is 12.4 Å². The molecule has 0 saturated carbocycles. The van der Waals surface area contributed by atoms with E-state index in [1.807, 2.05) is 24.3 Å². The quantitative estimate of drug-likeness (QED) is 0.414. The summed E-state index contributed by atoms with van der Waals surface area (Å²) in [5.41, 5.74) is 6.68. The van der Waals surface area contributed by atoms with Crippen LogP contribution in [0.15, 0.2) is 24.3 Å². The van der Waals surface area contributed by atoms with Crippen molar-refractivity contribution in [3.05, 3.63) is 29.8 Å². The number of methoxy groups -OCH3 is 1. The molecule has 0 saturated heterocycles. The van der Waals surface area contributed by atoms with Crippen molar-refractivity contribution in [2.75, 3.05) is 40.1 Å². The highest BCUT2D eigenvalue weighted by Gasteiger charge is 1.99. The van der Waals surface area contributed by atoms with Crippen molar-refractivity contribution in [3.63, 3.8) is 0 Å². The maximum absolute atomic E-state index is 10.8. The number of carbonyl (C=O) groups excluding carboxylic acids is 1. The van der Waals surface area contributed by atoms with E-state index in [-0.39, 0.29) is 12.6 Å². The third-order valence-electron chi connectivity index (χ3n) is 3.36. The number of ether oxygens (including phenoxy) is 4. The van der Waals surface area contributed by atoms with Crippen LogP contribution in [0, 0.1) is 0 Å². The second-order valence-corrected chi connectivity index (χ2v) is 5.36. The number of hydrogen-bond acceptors (Lipinski definition) is 6. The number of carbonyl (C=O) groups is 1. The van der Waals surface area contributed by atoms with Gasteiger partial charge < -0.3 is 24.7 Å². The fraction of sp³-hybridized carbons (Fsp3) is 0.611. The number of benzene rings is 1. The van der Waals surface area contributed by atoms with Gasteiger partial charge in [0.25, 0.3) is 0 Å².